The Bertz CT molecular complexity index is 1030. The van der Waals surface area contributed by atoms with Gasteiger partial charge in [-0.25, -0.2) is 4.98 Å². The number of thiophene rings is 1. The van der Waals surface area contributed by atoms with Crippen LogP contribution in [0.5, 0.6) is 0 Å². The molecule has 0 saturated carbocycles. The van der Waals surface area contributed by atoms with Gasteiger partial charge >= 0.3 is 0 Å². The summed E-state index contributed by atoms with van der Waals surface area (Å²) in [6, 6.07) is 7.84. The molecular weight excluding hydrogens is 358 g/mol. The maximum absolute atomic E-state index is 12.9. The number of aromatic nitrogens is 2. The van der Waals surface area contributed by atoms with Crippen LogP contribution in [0.15, 0.2) is 35.4 Å². The minimum absolute atomic E-state index is 0.0144. The van der Waals surface area contributed by atoms with Crippen LogP contribution in [0, 0.1) is 0 Å². The van der Waals surface area contributed by atoms with E-state index in [0.29, 0.717) is 6.54 Å². The van der Waals surface area contributed by atoms with Gasteiger partial charge in [0.2, 0.25) is 5.91 Å². The third-order valence-electron chi connectivity index (χ3n) is 5.17. The van der Waals surface area contributed by atoms with Crippen molar-refractivity contribution in [3.8, 4) is 0 Å². The van der Waals surface area contributed by atoms with E-state index in [4.69, 9.17) is 0 Å². The largest absolute Gasteiger partial charge is 0.326 e. The van der Waals surface area contributed by atoms with Crippen LogP contribution in [0.25, 0.3) is 10.2 Å². The molecule has 3 aromatic rings. The molecular formula is C21H23N3O2S. The smallest absolute Gasteiger partial charge is 0.262 e. The van der Waals surface area contributed by atoms with Gasteiger partial charge in [0.15, 0.2) is 0 Å². The van der Waals surface area contributed by atoms with Crippen molar-refractivity contribution in [3.05, 3.63) is 57.0 Å². The van der Waals surface area contributed by atoms with Crippen molar-refractivity contribution in [1.82, 2.24) is 9.55 Å². The molecule has 5 nitrogen and oxygen atoms in total. The lowest BCUT2D eigenvalue weighted by Gasteiger charge is -2.10. The van der Waals surface area contributed by atoms with Gasteiger partial charge in [0.05, 0.1) is 11.7 Å². The second kappa shape index (κ2) is 7.64. The summed E-state index contributed by atoms with van der Waals surface area (Å²) in [6.45, 7) is 2.44. The Hall–Kier alpha value is -2.47. The summed E-state index contributed by atoms with van der Waals surface area (Å²) >= 11 is 1.65. The second-order valence-electron chi connectivity index (χ2n) is 6.98. The van der Waals surface area contributed by atoms with Crippen LogP contribution in [0.4, 0.5) is 5.69 Å². The third kappa shape index (κ3) is 3.67. The summed E-state index contributed by atoms with van der Waals surface area (Å²) in [5.74, 6) is -0.0985. The summed E-state index contributed by atoms with van der Waals surface area (Å²) in [5.41, 5.74) is 3.19. The van der Waals surface area contributed by atoms with Gasteiger partial charge in [-0.3, -0.25) is 14.2 Å². The molecule has 0 aliphatic heterocycles. The van der Waals surface area contributed by atoms with Gasteiger partial charge < -0.3 is 5.32 Å². The van der Waals surface area contributed by atoms with E-state index in [1.165, 1.54) is 22.4 Å². The first-order valence-electron chi connectivity index (χ1n) is 9.54. The summed E-state index contributed by atoms with van der Waals surface area (Å²) in [6.07, 6.45) is 7.13. The number of carbonyl (C=O) groups is 1. The van der Waals surface area contributed by atoms with Crippen molar-refractivity contribution in [2.75, 3.05) is 5.32 Å². The van der Waals surface area contributed by atoms with Gasteiger partial charge in [-0.05, 0) is 55.4 Å². The van der Waals surface area contributed by atoms with Crippen molar-refractivity contribution >= 4 is 33.1 Å². The summed E-state index contributed by atoms with van der Waals surface area (Å²) in [4.78, 5) is 31.8. The van der Waals surface area contributed by atoms with E-state index in [9.17, 15) is 9.59 Å². The predicted octanol–water partition coefficient (Wildman–Crippen LogP) is 3.93. The number of hydrogen-bond donors (Lipinski definition) is 1. The molecule has 2 heterocycles. The Morgan fingerprint density at radius 3 is 2.78 bits per heavy atom. The molecule has 27 heavy (non-hydrogen) atoms. The quantitative estimate of drug-likeness (QED) is 0.728. The molecule has 6 heteroatoms. The molecule has 1 N–H and O–H groups in total. The highest BCUT2D eigenvalue weighted by Crippen LogP contribution is 2.33. The number of anilines is 1. The number of rotatable bonds is 5. The molecule has 4 rings (SSSR count). The third-order valence-corrected chi connectivity index (χ3v) is 6.37. The molecule has 1 aliphatic carbocycles. The van der Waals surface area contributed by atoms with Gasteiger partial charge in [-0.1, -0.05) is 19.1 Å². The van der Waals surface area contributed by atoms with E-state index in [1.807, 2.05) is 24.3 Å². The van der Waals surface area contributed by atoms with E-state index in [-0.39, 0.29) is 17.9 Å². The molecule has 1 aliphatic rings. The summed E-state index contributed by atoms with van der Waals surface area (Å²) in [5, 5.41) is 3.66. The first-order chi connectivity index (χ1) is 13.2. The van der Waals surface area contributed by atoms with Gasteiger partial charge in [0.1, 0.15) is 4.83 Å². The highest BCUT2D eigenvalue weighted by molar-refractivity contribution is 7.18. The first kappa shape index (κ1) is 17.9. The Kier molecular flexibility index (Phi) is 5.07. The Morgan fingerprint density at radius 2 is 2.00 bits per heavy atom. The highest BCUT2D eigenvalue weighted by Gasteiger charge is 2.20. The number of hydrogen-bond acceptors (Lipinski definition) is 4. The maximum atomic E-state index is 12.9. The van der Waals surface area contributed by atoms with Gasteiger partial charge in [-0.15, -0.1) is 11.3 Å². The summed E-state index contributed by atoms with van der Waals surface area (Å²) in [7, 11) is 0. The monoisotopic (exact) mass is 381 g/mol. The van der Waals surface area contributed by atoms with E-state index in [0.717, 1.165) is 41.6 Å². The van der Waals surface area contributed by atoms with Gasteiger partial charge in [0, 0.05) is 23.5 Å². The molecule has 0 radical (unpaired) electrons. The van der Waals surface area contributed by atoms with Crippen LogP contribution in [0.3, 0.4) is 0 Å². The Morgan fingerprint density at radius 1 is 1.22 bits per heavy atom. The van der Waals surface area contributed by atoms with Crippen LogP contribution < -0.4 is 10.9 Å². The molecule has 0 unspecified atom stereocenters. The average molecular weight is 382 g/mol. The SMILES string of the molecule is CCc1ccc(NC(=O)CCn2cnc3sc4c(c3c2=O)CCCC4)cc1. The number of carbonyl (C=O) groups excluding carboxylic acids is 1. The number of nitrogens with one attached hydrogen (secondary N) is 1. The predicted molar refractivity (Wildman–Crippen MR) is 110 cm³/mol. The number of fused-ring (bicyclic) bond motifs is 3. The lowest BCUT2D eigenvalue weighted by molar-refractivity contribution is -0.116. The minimum Gasteiger partial charge on any atom is -0.326 e. The zero-order chi connectivity index (χ0) is 18.8. The van der Waals surface area contributed by atoms with Crippen molar-refractivity contribution in [3.63, 3.8) is 0 Å². The number of amides is 1. The van der Waals surface area contributed by atoms with Crippen molar-refractivity contribution in [2.45, 2.75) is 52.0 Å². The minimum atomic E-state index is -0.0985. The van der Waals surface area contributed by atoms with Crippen LogP contribution in [-0.4, -0.2) is 15.5 Å². The van der Waals surface area contributed by atoms with E-state index < -0.39 is 0 Å². The second-order valence-corrected chi connectivity index (χ2v) is 8.07. The fourth-order valence-electron chi connectivity index (χ4n) is 3.61. The number of nitrogens with zero attached hydrogens (tertiary/aromatic N) is 2. The molecule has 140 valence electrons. The molecule has 1 amide bonds. The molecule has 0 saturated heterocycles. The maximum Gasteiger partial charge on any atom is 0.262 e. The van der Waals surface area contributed by atoms with E-state index >= 15 is 0 Å². The standard InChI is InChI=1S/C21H23N3O2S/c1-2-14-7-9-15(10-8-14)23-18(25)11-12-24-13-22-20-19(21(24)26)16-5-3-4-6-17(16)27-20/h7-10,13H,2-6,11-12H2,1H3,(H,23,25). The zero-order valence-corrected chi connectivity index (χ0v) is 16.3. The molecule has 1 aromatic carbocycles. The van der Waals surface area contributed by atoms with Crippen LogP contribution >= 0.6 is 11.3 Å². The average Bonchev–Trinajstić information content (AvgIpc) is 3.07. The number of benzene rings is 1. The number of aryl methyl sites for hydroxylation is 4. The lowest BCUT2D eigenvalue weighted by atomic mass is 9.97. The van der Waals surface area contributed by atoms with Gasteiger partial charge in [-0.2, -0.15) is 0 Å². The topological polar surface area (TPSA) is 64.0 Å². The molecule has 2 aromatic heterocycles. The normalized spacial score (nSPS) is 13.5. The Balaban J connectivity index is 1.47. The molecule has 0 bridgehead atoms. The van der Waals surface area contributed by atoms with Crippen molar-refractivity contribution in [1.29, 1.82) is 0 Å². The van der Waals surface area contributed by atoms with Crippen LogP contribution in [-0.2, 0) is 30.6 Å². The van der Waals surface area contributed by atoms with Crippen LogP contribution in [0.1, 0.15) is 42.2 Å². The van der Waals surface area contributed by atoms with Gasteiger partial charge in [0.25, 0.3) is 5.56 Å². The highest BCUT2D eigenvalue weighted by atomic mass is 32.1. The van der Waals surface area contributed by atoms with E-state index in [2.05, 4.69) is 17.2 Å². The zero-order valence-electron chi connectivity index (χ0n) is 15.5. The van der Waals surface area contributed by atoms with Crippen molar-refractivity contribution in [2.24, 2.45) is 0 Å². The van der Waals surface area contributed by atoms with Crippen LogP contribution in [0.2, 0.25) is 0 Å². The van der Waals surface area contributed by atoms with E-state index in [1.54, 1.807) is 22.2 Å². The molecule has 0 atom stereocenters. The first-order valence-corrected chi connectivity index (χ1v) is 10.4. The fraction of sp³-hybridized carbons (Fsp3) is 0.381. The lowest BCUT2D eigenvalue weighted by Crippen LogP contribution is -2.24. The van der Waals surface area contributed by atoms with Crippen molar-refractivity contribution < 1.29 is 4.79 Å². The fourth-order valence-corrected chi connectivity index (χ4v) is 4.83. The summed E-state index contributed by atoms with van der Waals surface area (Å²) < 4.78 is 1.57. The Labute approximate surface area is 162 Å². The molecule has 0 fully saturated rings. The molecule has 0 spiro atoms.